The molecule has 222 valence electrons. The molecule has 1 saturated carbocycles. The quantitative estimate of drug-likeness (QED) is 0.216. The van der Waals surface area contributed by atoms with Crippen LogP contribution in [0.2, 0.25) is 5.02 Å². The predicted octanol–water partition coefficient (Wildman–Crippen LogP) is 6.10. The van der Waals surface area contributed by atoms with Crippen LogP contribution in [0, 0.1) is 25.7 Å². The molecule has 10 heteroatoms. The van der Waals surface area contributed by atoms with Crippen molar-refractivity contribution < 1.29 is 14.4 Å². The number of piperazine rings is 1. The largest absolute Gasteiger partial charge is 0.312 e. The van der Waals surface area contributed by atoms with Gasteiger partial charge in [-0.2, -0.15) is 0 Å². The fourth-order valence-electron chi connectivity index (χ4n) is 5.06. The Labute approximate surface area is 257 Å². The second-order valence-electron chi connectivity index (χ2n) is 10.3. The lowest BCUT2D eigenvalue weighted by atomic mass is 9.97. The Kier molecular flexibility index (Phi) is 12.3. The van der Waals surface area contributed by atoms with Gasteiger partial charge in [-0.3, -0.25) is 19.5 Å². The van der Waals surface area contributed by atoms with Crippen LogP contribution in [0.15, 0.2) is 30.5 Å². The first-order chi connectivity index (χ1) is 19.6. The number of carbonyl (C=O) groups excluding carboxylic acids is 3. The first-order valence-corrected chi connectivity index (χ1v) is 15.8. The lowest BCUT2D eigenvalue weighted by molar-refractivity contribution is -0.142. The number of aldehydes is 1. The lowest BCUT2D eigenvalue weighted by Crippen LogP contribution is -2.47. The zero-order valence-corrected chi connectivity index (χ0v) is 27.0. The molecule has 41 heavy (non-hydrogen) atoms. The number of aromatic nitrogens is 1. The third kappa shape index (κ3) is 8.14. The van der Waals surface area contributed by atoms with Crippen LogP contribution < -0.4 is 5.32 Å². The van der Waals surface area contributed by atoms with E-state index < -0.39 is 0 Å². The van der Waals surface area contributed by atoms with E-state index in [4.69, 9.17) is 28.0 Å². The number of benzene rings is 1. The van der Waals surface area contributed by atoms with Gasteiger partial charge in [0.05, 0.1) is 34.5 Å². The van der Waals surface area contributed by atoms with Crippen molar-refractivity contribution in [2.45, 2.75) is 53.6 Å². The molecule has 7 nitrogen and oxygen atoms in total. The SMILES string of the molecule is CC.CC1CN(C)CCN1.Cc1cc(Cl)cc(-c2ccnc3cc(CN4C(=O)C5CC5C4=O)sc23)c1C.O=CCCl. The highest BCUT2D eigenvalue weighted by Gasteiger charge is 2.58. The van der Waals surface area contributed by atoms with E-state index >= 15 is 0 Å². The van der Waals surface area contributed by atoms with Crippen LogP contribution in [0.5, 0.6) is 0 Å². The number of pyridine rings is 1. The van der Waals surface area contributed by atoms with Crippen LogP contribution in [0.25, 0.3) is 21.3 Å². The number of likely N-dealkylation sites (N-methyl/N-ethyl adjacent to an activating group) is 1. The molecule has 3 atom stereocenters. The second-order valence-corrected chi connectivity index (χ2v) is 12.2. The number of rotatable bonds is 4. The predicted molar refractivity (Wildman–Crippen MR) is 170 cm³/mol. The van der Waals surface area contributed by atoms with Crippen molar-refractivity contribution in [2.75, 3.05) is 32.6 Å². The average Bonchev–Trinajstić information content (AvgIpc) is 3.60. The third-order valence-electron chi connectivity index (χ3n) is 7.29. The summed E-state index contributed by atoms with van der Waals surface area (Å²) in [5, 5.41) is 4.08. The minimum absolute atomic E-state index is 0.0167. The lowest BCUT2D eigenvalue weighted by Gasteiger charge is -2.28. The van der Waals surface area contributed by atoms with Gasteiger partial charge in [0.15, 0.2) is 0 Å². The van der Waals surface area contributed by atoms with E-state index in [9.17, 15) is 9.59 Å². The van der Waals surface area contributed by atoms with Gasteiger partial charge in [0.2, 0.25) is 11.8 Å². The van der Waals surface area contributed by atoms with Crippen molar-refractivity contribution in [3.63, 3.8) is 0 Å². The fraction of sp³-hybridized carbons (Fsp3) is 0.484. The first-order valence-electron chi connectivity index (χ1n) is 14.1. The maximum absolute atomic E-state index is 12.3. The number of fused-ring (bicyclic) bond motifs is 2. The molecule has 0 bridgehead atoms. The highest BCUT2D eigenvalue weighted by molar-refractivity contribution is 7.19. The standard InChI is InChI=1S/C21H17ClN2O2S.C6H14N2.C2H3ClO.C2H6/c1-10-5-12(22)6-15(11(10)2)14-3-4-23-18-7-13(27-19(14)18)9-24-20(25)16-8-17(16)21(24)26;1-6-5-8(2)4-3-7-6;3-1-2-4;1-2/h3-7,16-17H,8-9H2,1-2H3;6-7H,3-5H2,1-2H3;2H,1H2;1-2H3. The molecule has 1 N–H and O–H groups in total. The topological polar surface area (TPSA) is 82.6 Å². The Morgan fingerprint density at radius 2 is 1.78 bits per heavy atom. The van der Waals surface area contributed by atoms with E-state index in [-0.39, 0.29) is 29.5 Å². The van der Waals surface area contributed by atoms with Crippen LogP contribution in [0.3, 0.4) is 0 Å². The van der Waals surface area contributed by atoms with Gasteiger partial charge in [-0.15, -0.1) is 22.9 Å². The summed E-state index contributed by atoms with van der Waals surface area (Å²) < 4.78 is 1.06. The summed E-state index contributed by atoms with van der Waals surface area (Å²) in [4.78, 5) is 42.8. The number of aryl methyl sites for hydroxylation is 1. The van der Waals surface area contributed by atoms with Gasteiger partial charge in [0.1, 0.15) is 6.29 Å². The minimum Gasteiger partial charge on any atom is -0.312 e. The number of nitrogens with one attached hydrogen (secondary N) is 1. The van der Waals surface area contributed by atoms with Gasteiger partial charge in [-0.05, 0) is 75.2 Å². The molecule has 2 aromatic heterocycles. The highest BCUT2D eigenvalue weighted by atomic mass is 35.5. The molecule has 3 unspecified atom stereocenters. The molecule has 2 aliphatic heterocycles. The van der Waals surface area contributed by atoms with Crippen LogP contribution in [-0.4, -0.2) is 71.5 Å². The zero-order chi connectivity index (χ0) is 30.3. The van der Waals surface area contributed by atoms with Gasteiger partial charge in [0.25, 0.3) is 0 Å². The van der Waals surface area contributed by atoms with Gasteiger partial charge >= 0.3 is 0 Å². The van der Waals surface area contributed by atoms with E-state index in [0.29, 0.717) is 23.9 Å². The fourth-order valence-corrected chi connectivity index (χ4v) is 6.46. The maximum Gasteiger partial charge on any atom is 0.233 e. The Morgan fingerprint density at radius 3 is 2.34 bits per heavy atom. The molecule has 2 saturated heterocycles. The second kappa shape index (κ2) is 15.2. The van der Waals surface area contributed by atoms with Crippen molar-refractivity contribution in [1.29, 1.82) is 0 Å². The molecular weight excluding hydrogens is 579 g/mol. The van der Waals surface area contributed by atoms with E-state index in [1.165, 1.54) is 23.6 Å². The molecule has 2 amide bonds. The molecule has 1 aromatic carbocycles. The van der Waals surface area contributed by atoms with Crippen molar-refractivity contribution in [3.8, 4) is 11.1 Å². The number of alkyl halides is 1. The summed E-state index contributed by atoms with van der Waals surface area (Å²) >= 11 is 12.7. The molecular formula is C31H40Cl2N4O3S. The molecule has 3 aliphatic rings. The number of likely N-dealkylation sites (tertiary alicyclic amines) is 1. The van der Waals surface area contributed by atoms with Crippen molar-refractivity contribution >= 4 is 62.9 Å². The maximum atomic E-state index is 12.3. The minimum atomic E-state index is -0.0577. The molecule has 0 spiro atoms. The number of imide groups is 1. The van der Waals surface area contributed by atoms with E-state index in [1.54, 1.807) is 17.5 Å². The molecule has 6 rings (SSSR count). The molecule has 3 aromatic rings. The van der Waals surface area contributed by atoms with Crippen LogP contribution >= 0.6 is 34.5 Å². The van der Waals surface area contributed by atoms with E-state index in [1.807, 2.05) is 38.1 Å². The van der Waals surface area contributed by atoms with Gasteiger partial charge in [-0.1, -0.05) is 25.4 Å². The monoisotopic (exact) mass is 618 g/mol. The smallest absolute Gasteiger partial charge is 0.233 e. The molecule has 1 aliphatic carbocycles. The van der Waals surface area contributed by atoms with Crippen molar-refractivity contribution in [1.82, 2.24) is 20.1 Å². The summed E-state index contributed by atoms with van der Waals surface area (Å²) in [6, 6.07) is 8.63. The Hall–Kier alpha value is -2.36. The van der Waals surface area contributed by atoms with Crippen LogP contribution in [0.1, 0.15) is 43.2 Å². The van der Waals surface area contributed by atoms with Crippen molar-refractivity contribution in [2.24, 2.45) is 11.8 Å². The van der Waals surface area contributed by atoms with Gasteiger partial charge < -0.3 is 15.0 Å². The number of thiophene rings is 1. The van der Waals surface area contributed by atoms with Crippen LogP contribution in [-0.2, 0) is 20.9 Å². The van der Waals surface area contributed by atoms with E-state index in [0.717, 1.165) is 44.7 Å². The summed E-state index contributed by atoms with van der Waals surface area (Å²) in [7, 11) is 2.16. The molecule has 3 fully saturated rings. The normalized spacial score (nSPS) is 21.2. The summed E-state index contributed by atoms with van der Waals surface area (Å²) in [6.07, 6.45) is 3.17. The summed E-state index contributed by atoms with van der Waals surface area (Å²) in [5.41, 5.74) is 5.39. The Morgan fingerprint density at radius 1 is 1.12 bits per heavy atom. The summed E-state index contributed by atoms with van der Waals surface area (Å²) in [6.45, 7) is 14.3. The number of carbonyl (C=O) groups is 3. The number of piperidine rings is 1. The third-order valence-corrected chi connectivity index (χ3v) is 8.78. The molecule has 0 radical (unpaired) electrons. The number of nitrogens with zero attached hydrogens (tertiary/aromatic N) is 3. The first kappa shape index (κ1) is 33.1. The highest BCUT2D eigenvalue weighted by Crippen LogP contribution is 2.48. The van der Waals surface area contributed by atoms with Gasteiger partial charge in [-0.25, -0.2) is 0 Å². The Bertz CT molecular complexity index is 1350. The average molecular weight is 620 g/mol. The summed E-state index contributed by atoms with van der Waals surface area (Å²) in [5.74, 6) is -0.0378. The number of amides is 2. The number of hydrogen-bond acceptors (Lipinski definition) is 7. The van der Waals surface area contributed by atoms with E-state index in [2.05, 4.69) is 43.0 Å². The number of halogens is 2. The molecule has 4 heterocycles. The van der Waals surface area contributed by atoms with Gasteiger partial charge in [0, 0.05) is 47.3 Å². The van der Waals surface area contributed by atoms with Crippen molar-refractivity contribution in [3.05, 3.63) is 51.5 Å². The Balaban J connectivity index is 0.000000276. The van der Waals surface area contributed by atoms with Crippen LogP contribution in [0.4, 0.5) is 0 Å². The number of hydrogen-bond donors (Lipinski definition) is 1. The zero-order valence-electron chi connectivity index (χ0n) is 24.7.